The summed E-state index contributed by atoms with van der Waals surface area (Å²) in [5.74, 6) is 0.679. The Hall–Kier alpha value is -2.55. The van der Waals surface area contributed by atoms with Crippen molar-refractivity contribution in [3.05, 3.63) is 41.5 Å². The van der Waals surface area contributed by atoms with Gasteiger partial charge in [0.15, 0.2) is 11.5 Å². The molecule has 1 atom stereocenters. The molecule has 8 nitrogen and oxygen atoms in total. The van der Waals surface area contributed by atoms with Gasteiger partial charge in [0.1, 0.15) is 18.4 Å². The van der Waals surface area contributed by atoms with E-state index in [1.807, 2.05) is 19.2 Å². The minimum Gasteiger partial charge on any atom is -0.484 e. The molecule has 1 N–H and O–H groups in total. The molecular formula is C17H21N3O5S. The van der Waals surface area contributed by atoms with Crippen LogP contribution in [0, 0.1) is 6.92 Å². The van der Waals surface area contributed by atoms with Crippen LogP contribution in [0.15, 0.2) is 28.9 Å². The average molecular weight is 379 g/mol. The molecule has 2 heterocycles. The van der Waals surface area contributed by atoms with E-state index in [0.29, 0.717) is 23.7 Å². The van der Waals surface area contributed by atoms with E-state index >= 15 is 0 Å². The number of nitrogens with one attached hydrogen (secondary N) is 1. The fourth-order valence-electron chi connectivity index (χ4n) is 2.04. The van der Waals surface area contributed by atoms with Crippen molar-refractivity contribution in [2.24, 2.45) is 0 Å². The summed E-state index contributed by atoms with van der Waals surface area (Å²) in [5, 5.41) is 6.33. The number of aryl methyl sites for hydroxylation is 1. The van der Waals surface area contributed by atoms with Crippen molar-refractivity contribution in [1.29, 1.82) is 0 Å². The molecule has 0 spiro atoms. The Bertz CT molecular complexity index is 732. The van der Waals surface area contributed by atoms with Crippen LogP contribution in [0.3, 0.4) is 0 Å². The molecule has 1 amide bonds. The molecule has 0 aliphatic heterocycles. The van der Waals surface area contributed by atoms with Gasteiger partial charge >= 0.3 is 5.97 Å². The molecule has 0 bridgehead atoms. The predicted molar refractivity (Wildman–Crippen MR) is 96.1 cm³/mol. The number of thioether (sulfide) groups is 1. The second-order valence-corrected chi connectivity index (χ2v) is 6.42. The average Bonchev–Trinajstić information content (AvgIpc) is 3.13. The maximum Gasteiger partial charge on any atom is 0.328 e. The lowest BCUT2D eigenvalue weighted by Gasteiger charge is -2.14. The zero-order valence-corrected chi connectivity index (χ0v) is 15.7. The normalized spacial score (nSPS) is 11.7. The smallest absolute Gasteiger partial charge is 0.328 e. The van der Waals surface area contributed by atoms with Gasteiger partial charge in [0.05, 0.1) is 13.3 Å². The van der Waals surface area contributed by atoms with Gasteiger partial charge in [-0.25, -0.2) is 4.79 Å². The predicted octanol–water partition coefficient (Wildman–Crippen LogP) is 1.98. The number of ether oxygens (including phenoxy) is 2. The number of pyridine rings is 1. The molecule has 2 rings (SSSR count). The van der Waals surface area contributed by atoms with Crippen LogP contribution in [0.5, 0.6) is 5.75 Å². The van der Waals surface area contributed by atoms with Crippen molar-refractivity contribution in [2.75, 3.05) is 19.1 Å². The quantitative estimate of drug-likeness (QED) is 0.660. The third kappa shape index (κ3) is 5.76. The fraction of sp³-hybridized carbons (Fsp3) is 0.412. The van der Waals surface area contributed by atoms with E-state index in [9.17, 15) is 9.59 Å². The third-order valence-corrected chi connectivity index (χ3v) is 4.10. The summed E-state index contributed by atoms with van der Waals surface area (Å²) >= 11 is 1.58. The van der Waals surface area contributed by atoms with Crippen molar-refractivity contribution in [1.82, 2.24) is 15.5 Å². The van der Waals surface area contributed by atoms with Crippen LogP contribution < -0.4 is 10.1 Å². The van der Waals surface area contributed by atoms with Gasteiger partial charge in [-0.15, -0.1) is 0 Å². The van der Waals surface area contributed by atoms with Gasteiger partial charge in [-0.3, -0.25) is 9.78 Å². The van der Waals surface area contributed by atoms with Crippen LogP contribution in [0.1, 0.15) is 28.4 Å². The molecule has 0 saturated heterocycles. The van der Waals surface area contributed by atoms with E-state index in [1.54, 1.807) is 24.0 Å². The number of nitrogens with zero attached hydrogens (tertiary/aromatic N) is 2. The molecule has 0 fully saturated rings. The Balaban J connectivity index is 1.93. The lowest BCUT2D eigenvalue weighted by Crippen LogP contribution is -2.42. The molecule has 9 heteroatoms. The summed E-state index contributed by atoms with van der Waals surface area (Å²) in [6, 6.07) is 4.37. The molecule has 0 radical (unpaired) electrons. The topological polar surface area (TPSA) is 104 Å². The summed E-state index contributed by atoms with van der Waals surface area (Å²) in [4.78, 5) is 28.1. The highest BCUT2D eigenvalue weighted by Crippen LogP contribution is 2.13. The minimum absolute atomic E-state index is 0.0729. The first-order chi connectivity index (χ1) is 12.5. The third-order valence-electron chi connectivity index (χ3n) is 3.46. The number of esters is 1. The van der Waals surface area contributed by atoms with E-state index in [2.05, 4.69) is 15.5 Å². The van der Waals surface area contributed by atoms with Crippen molar-refractivity contribution < 1.29 is 23.6 Å². The second kappa shape index (κ2) is 9.81. The number of carbonyl (C=O) groups is 2. The number of carbonyl (C=O) groups excluding carboxylic acids is 2. The summed E-state index contributed by atoms with van der Waals surface area (Å²) in [5.41, 5.74) is 0.960. The van der Waals surface area contributed by atoms with Gasteiger partial charge in [0.2, 0.25) is 0 Å². The summed E-state index contributed by atoms with van der Waals surface area (Å²) < 4.78 is 15.3. The Kier molecular flexibility index (Phi) is 7.46. The Morgan fingerprint density at radius 2 is 2.19 bits per heavy atom. The molecule has 2 aromatic rings. The number of rotatable bonds is 9. The monoisotopic (exact) mass is 379 g/mol. The van der Waals surface area contributed by atoms with Gasteiger partial charge in [-0.05, 0) is 37.5 Å². The van der Waals surface area contributed by atoms with E-state index in [4.69, 9.17) is 14.0 Å². The SMILES string of the molecule is COC(=O)[C@H](CCSC)NC(=O)c1cc(COc2ccc(C)nc2)on1. The highest BCUT2D eigenvalue weighted by atomic mass is 32.2. The molecular weight excluding hydrogens is 358 g/mol. The molecule has 0 aliphatic carbocycles. The minimum atomic E-state index is -0.727. The summed E-state index contributed by atoms with van der Waals surface area (Å²) in [7, 11) is 1.28. The van der Waals surface area contributed by atoms with Gasteiger partial charge in [-0.2, -0.15) is 11.8 Å². The molecule has 140 valence electrons. The van der Waals surface area contributed by atoms with E-state index < -0.39 is 17.9 Å². The number of hydrogen-bond acceptors (Lipinski definition) is 8. The maximum atomic E-state index is 12.3. The van der Waals surface area contributed by atoms with Crippen LogP contribution >= 0.6 is 11.8 Å². The molecule has 0 aromatic carbocycles. The Morgan fingerprint density at radius 3 is 2.85 bits per heavy atom. The zero-order valence-electron chi connectivity index (χ0n) is 14.9. The first kappa shape index (κ1) is 19.8. The largest absolute Gasteiger partial charge is 0.484 e. The van der Waals surface area contributed by atoms with Gasteiger partial charge in [0.25, 0.3) is 5.91 Å². The van der Waals surface area contributed by atoms with Gasteiger partial charge < -0.3 is 19.3 Å². The van der Waals surface area contributed by atoms with Crippen LogP contribution in [0.4, 0.5) is 0 Å². The first-order valence-electron chi connectivity index (χ1n) is 7.92. The van der Waals surface area contributed by atoms with Crippen LogP contribution in [-0.4, -0.2) is 47.2 Å². The Morgan fingerprint density at radius 1 is 1.38 bits per heavy atom. The van der Waals surface area contributed by atoms with Crippen LogP contribution in [0.2, 0.25) is 0 Å². The van der Waals surface area contributed by atoms with Gasteiger partial charge in [-0.1, -0.05) is 5.16 Å². The fourth-order valence-corrected chi connectivity index (χ4v) is 2.51. The van der Waals surface area contributed by atoms with Crippen LogP contribution in [-0.2, 0) is 16.1 Å². The molecule has 26 heavy (non-hydrogen) atoms. The maximum absolute atomic E-state index is 12.3. The van der Waals surface area contributed by atoms with E-state index in [1.165, 1.54) is 13.2 Å². The molecule has 0 saturated carbocycles. The van der Waals surface area contributed by atoms with E-state index in [0.717, 1.165) is 5.69 Å². The molecule has 2 aromatic heterocycles. The summed E-state index contributed by atoms with van der Waals surface area (Å²) in [6.07, 6.45) is 3.99. The highest BCUT2D eigenvalue weighted by molar-refractivity contribution is 7.98. The van der Waals surface area contributed by atoms with Crippen molar-refractivity contribution in [3.63, 3.8) is 0 Å². The standard InChI is InChI=1S/C17H21N3O5S/c1-11-4-5-12(9-18-11)24-10-13-8-15(20-25-13)16(21)19-14(6-7-26-3)17(22)23-2/h4-5,8-9,14H,6-7,10H2,1-3H3,(H,19,21)/t14-/m0/s1. The first-order valence-corrected chi connectivity index (χ1v) is 9.31. The van der Waals surface area contributed by atoms with Crippen molar-refractivity contribution in [2.45, 2.75) is 26.0 Å². The van der Waals surface area contributed by atoms with E-state index in [-0.39, 0.29) is 12.3 Å². The van der Waals surface area contributed by atoms with Gasteiger partial charge in [0, 0.05) is 11.8 Å². The molecule has 0 unspecified atom stereocenters. The lowest BCUT2D eigenvalue weighted by atomic mass is 10.2. The zero-order chi connectivity index (χ0) is 18.9. The highest BCUT2D eigenvalue weighted by Gasteiger charge is 2.23. The Labute approximate surface area is 155 Å². The number of methoxy groups -OCH3 is 1. The second-order valence-electron chi connectivity index (χ2n) is 5.43. The number of hydrogen-bond donors (Lipinski definition) is 1. The lowest BCUT2D eigenvalue weighted by molar-refractivity contribution is -0.142. The summed E-state index contributed by atoms with van der Waals surface area (Å²) in [6.45, 7) is 1.99. The van der Waals surface area contributed by atoms with Crippen LogP contribution in [0.25, 0.3) is 0 Å². The number of aromatic nitrogens is 2. The van der Waals surface area contributed by atoms with Crippen molar-refractivity contribution in [3.8, 4) is 5.75 Å². The number of amides is 1. The molecule has 0 aliphatic rings. The van der Waals surface area contributed by atoms with Crippen molar-refractivity contribution >= 4 is 23.6 Å².